The van der Waals surface area contributed by atoms with E-state index in [4.69, 9.17) is 14.2 Å². The number of benzene rings is 2. The highest BCUT2D eigenvalue weighted by Gasteiger charge is 2.33. The SMILES string of the molecule is CC1(C)OC[C@H](CC(=O)CCOC(c2ccccc2)c2ccccc2)O1. The predicted octanol–water partition coefficient (Wildman–Crippen LogP) is 4.29. The smallest absolute Gasteiger partial charge is 0.163 e. The lowest BCUT2D eigenvalue weighted by atomic mass is 10.0. The van der Waals surface area contributed by atoms with E-state index in [1.165, 1.54) is 0 Å². The molecule has 0 aliphatic carbocycles. The van der Waals surface area contributed by atoms with Crippen molar-refractivity contribution in [3.63, 3.8) is 0 Å². The van der Waals surface area contributed by atoms with Gasteiger partial charge in [0.1, 0.15) is 11.9 Å². The number of Topliss-reactive ketones (excluding diaryl/α,β-unsaturated/α-hetero) is 1. The second kappa shape index (κ2) is 8.58. The Bertz CT molecular complexity index is 657. The van der Waals surface area contributed by atoms with E-state index in [0.717, 1.165) is 11.1 Å². The molecule has 0 unspecified atom stereocenters. The van der Waals surface area contributed by atoms with Crippen molar-refractivity contribution in [2.24, 2.45) is 0 Å². The van der Waals surface area contributed by atoms with Gasteiger partial charge in [-0.3, -0.25) is 4.79 Å². The summed E-state index contributed by atoms with van der Waals surface area (Å²) >= 11 is 0. The Morgan fingerprint density at radius 3 is 2.15 bits per heavy atom. The highest BCUT2D eigenvalue weighted by atomic mass is 16.7. The minimum atomic E-state index is -0.590. The van der Waals surface area contributed by atoms with Gasteiger partial charge in [0.25, 0.3) is 0 Å². The molecule has 2 aromatic carbocycles. The molecule has 1 aliphatic heterocycles. The molecule has 138 valence electrons. The highest BCUT2D eigenvalue weighted by molar-refractivity contribution is 5.79. The number of carbonyl (C=O) groups is 1. The van der Waals surface area contributed by atoms with Crippen molar-refractivity contribution in [3.8, 4) is 0 Å². The van der Waals surface area contributed by atoms with Gasteiger partial charge in [0.05, 0.1) is 19.3 Å². The van der Waals surface area contributed by atoms with Gasteiger partial charge in [0, 0.05) is 12.8 Å². The van der Waals surface area contributed by atoms with Crippen molar-refractivity contribution < 1.29 is 19.0 Å². The van der Waals surface area contributed by atoms with Crippen LogP contribution >= 0.6 is 0 Å². The minimum Gasteiger partial charge on any atom is -0.368 e. The van der Waals surface area contributed by atoms with Gasteiger partial charge >= 0.3 is 0 Å². The van der Waals surface area contributed by atoms with E-state index in [9.17, 15) is 4.79 Å². The van der Waals surface area contributed by atoms with Crippen molar-refractivity contribution >= 4 is 5.78 Å². The summed E-state index contributed by atoms with van der Waals surface area (Å²) in [5.74, 6) is -0.455. The van der Waals surface area contributed by atoms with E-state index in [-0.39, 0.29) is 18.0 Å². The second-order valence-corrected chi connectivity index (χ2v) is 7.02. The zero-order valence-electron chi connectivity index (χ0n) is 15.4. The van der Waals surface area contributed by atoms with Crippen LogP contribution in [0.2, 0.25) is 0 Å². The molecule has 1 atom stereocenters. The average molecular weight is 354 g/mol. The van der Waals surface area contributed by atoms with Crippen LogP contribution < -0.4 is 0 Å². The summed E-state index contributed by atoms with van der Waals surface area (Å²) in [4.78, 5) is 12.2. The zero-order valence-corrected chi connectivity index (χ0v) is 15.4. The third-order valence-corrected chi connectivity index (χ3v) is 4.39. The topological polar surface area (TPSA) is 44.8 Å². The van der Waals surface area contributed by atoms with E-state index < -0.39 is 5.79 Å². The second-order valence-electron chi connectivity index (χ2n) is 7.02. The molecule has 1 saturated heterocycles. The molecule has 4 heteroatoms. The average Bonchev–Trinajstić information content (AvgIpc) is 2.98. The Balaban J connectivity index is 1.54. The van der Waals surface area contributed by atoms with Crippen LogP contribution in [0.4, 0.5) is 0 Å². The first-order valence-corrected chi connectivity index (χ1v) is 9.08. The molecular weight excluding hydrogens is 328 g/mol. The van der Waals surface area contributed by atoms with Gasteiger partial charge in [-0.1, -0.05) is 60.7 Å². The van der Waals surface area contributed by atoms with Crippen LogP contribution in [0.1, 0.15) is 43.9 Å². The minimum absolute atomic E-state index is 0.135. The fourth-order valence-electron chi connectivity index (χ4n) is 3.15. The Kier molecular flexibility index (Phi) is 6.20. The van der Waals surface area contributed by atoms with Crippen LogP contribution in [0.15, 0.2) is 60.7 Å². The molecule has 0 spiro atoms. The van der Waals surface area contributed by atoms with Crippen LogP contribution in [-0.2, 0) is 19.0 Å². The first-order chi connectivity index (χ1) is 12.5. The Hall–Kier alpha value is -2.01. The fraction of sp³-hybridized carbons (Fsp3) is 0.409. The van der Waals surface area contributed by atoms with E-state index >= 15 is 0 Å². The van der Waals surface area contributed by atoms with Crippen molar-refractivity contribution in [2.45, 2.75) is 44.7 Å². The summed E-state index contributed by atoms with van der Waals surface area (Å²) < 4.78 is 17.3. The Labute approximate surface area is 155 Å². The standard InChI is InChI=1S/C22H26O4/c1-22(2)25-16-20(26-22)15-19(23)13-14-24-21(17-9-5-3-6-10-17)18-11-7-4-8-12-18/h3-12,20-21H,13-16H2,1-2H3/t20-/m0/s1. The molecular formula is C22H26O4. The van der Waals surface area contributed by atoms with Crippen molar-refractivity contribution in [2.75, 3.05) is 13.2 Å². The van der Waals surface area contributed by atoms with Crippen molar-refractivity contribution in [1.29, 1.82) is 0 Å². The molecule has 3 rings (SSSR count). The lowest BCUT2D eigenvalue weighted by Crippen LogP contribution is -2.23. The first-order valence-electron chi connectivity index (χ1n) is 9.08. The summed E-state index contributed by atoms with van der Waals surface area (Å²) in [5.41, 5.74) is 2.17. The van der Waals surface area contributed by atoms with Gasteiger partial charge in [-0.05, 0) is 25.0 Å². The molecule has 2 aromatic rings. The molecule has 0 bridgehead atoms. The van der Waals surface area contributed by atoms with E-state index in [1.54, 1.807) is 0 Å². The fourth-order valence-corrected chi connectivity index (χ4v) is 3.15. The Morgan fingerprint density at radius 1 is 1.08 bits per heavy atom. The number of carbonyl (C=O) groups excluding carboxylic acids is 1. The molecule has 0 N–H and O–H groups in total. The van der Waals surface area contributed by atoms with E-state index in [0.29, 0.717) is 26.1 Å². The van der Waals surface area contributed by atoms with Crippen LogP contribution in [0.5, 0.6) is 0 Å². The summed E-state index contributed by atoms with van der Waals surface area (Å²) in [5, 5.41) is 0. The molecule has 0 aromatic heterocycles. The lowest BCUT2D eigenvalue weighted by Gasteiger charge is -2.19. The third-order valence-electron chi connectivity index (χ3n) is 4.39. The summed E-state index contributed by atoms with van der Waals surface area (Å²) in [6, 6.07) is 20.2. The normalized spacial score (nSPS) is 19.0. The number of rotatable bonds is 8. The molecule has 0 saturated carbocycles. The molecule has 0 radical (unpaired) electrons. The third kappa shape index (κ3) is 5.24. The molecule has 1 aliphatic rings. The number of hydrogen-bond donors (Lipinski definition) is 0. The highest BCUT2D eigenvalue weighted by Crippen LogP contribution is 2.27. The maximum Gasteiger partial charge on any atom is 0.163 e. The summed E-state index contributed by atoms with van der Waals surface area (Å²) in [6.07, 6.45) is 0.414. The first kappa shape index (κ1) is 18.8. The molecule has 0 amide bonds. The molecule has 1 heterocycles. The van der Waals surface area contributed by atoms with Gasteiger partial charge in [0.15, 0.2) is 5.79 Å². The quantitative estimate of drug-likeness (QED) is 0.709. The lowest BCUT2D eigenvalue weighted by molar-refractivity contribution is -0.142. The van der Waals surface area contributed by atoms with Crippen LogP contribution in [0.3, 0.4) is 0 Å². The summed E-state index contributed by atoms with van der Waals surface area (Å²) in [7, 11) is 0. The van der Waals surface area contributed by atoms with Crippen LogP contribution in [0, 0.1) is 0 Å². The van der Waals surface area contributed by atoms with E-state index in [2.05, 4.69) is 0 Å². The number of hydrogen-bond acceptors (Lipinski definition) is 4. The monoisotopic (exact) mass is 354 g/mol. The molecule has 4 nitrogen and oxygen atoms in total. The zero-order chi connectivity index (χ0) is 18.4. The van der Waals surface area contributed by atoms with Gasteiger partial charge in [-0.15, -0.1) is 0 Å². The van der Waals surface area contributed by atoms with E-state index in [1.807, 2.05) is 74.5 Å². The van der Waals surface area contributed by atoms with Gasteiger partial charge in [0.2, 0.25) is 0 Å². The molecule has 26 heavy (non-hydrogen) atoms. The Morgan fingerprint density at radius 2 is 1.65 bits per heavy atom. The summed E-state index contributed by atoms with van der Waals surface area (Å²) in [6.45, 7) is 4.58. The van der Waals surface area contributed by atoms with Crippen molar-refractivity contribution in [3.05, 3.63) is 71.8 Å². The largest absolute Gasteiger partial charge is 0.368 e. The van der Waals surface area contributed by atoms with Crippen LogP contribution in [-0.4, -0.2) is 30.9 Å². The molecule has 1 fully saturated rings. The van der Waals surface area contributed by atoms with Gasteiger partial charge < -0.3 is 14.2 Å². The van der Waals surface area contributed by atoms with Gasteiger partial charge in [-0.2, -0.15) is 0 Å². The van der Waals surface area contributed by atoms with Gasteiger partial charge in [-0.25, -0.2) is 0 Å². The number of ether oxygens (including phenoxy) is 3. The predicted molar refractivity (Wildman–Crippen MR) is 99.8 cm³/mol. The maximum absolute atomic E-state index is 12.2. The van der Waals surface area contributed by atoms with Crippen molar-refractivity contribution in [1.82, 2.24) is 0 Å². The maximum atomic E-state index is 12.2. The van der Waals surface area contributed by atoms with Crippen LogP contribution in [0.25, 0.3) is 0 Å². The number of ketones is 1.